The fourth-order valence-corrected chi connectivity index (χ4v) is 2.87. The van der Waals surface area contributed by atoms with E-state index in [-0.39, 0.29) is 17.2 Å². The summed E-state index contributed by atoms with van der Waals surface area (Å²) >= 11 is 7.00. The first-order chi connectivity index (χ1) is 7.70. The summed E-state index contributed by atoms with van der Waals surface area (Å²) in [6.45, 7) is 0.690. The third-order valence-electron chi connectivity index (χ3n) is 2.82. The lowest BCUT2D eigenvalue weighted by atomic mass is 10.1. The highest BCUT2D eigenvalue weighted by Crippen LogP contribution is 2.29. The van der Waals surface area contributed by atoms with Gasteiger partial charge in [-0.2, -0.15) is 5.26 Å². The van der Waals surface area contributed by atoms with E-state index in [1.807, 2.05) is 6.07 Å². The normalized spacial score (nSPS) is 24.3. The van der Waals surface area contributed by atoms with Crippen molar-refractivity contribution in [2.45, 2.75) is 25.4 Å². The van der Waals surface area contributed by atoms with Gasteiger partial charge in [-0.25, -0.2) is 4.98 Å². The van der Waals surface area contributed by atoms with Gasteiger partial charge in [0.25, 0.3) is 0 Å². The van der Waals surface area contributed by atoms with Crippen LogP contribution in [-0.4, -0.2) is 22.7 Å². The van der Waals surface area contributed by atoms with E-state index >= 15 is 0 Å². The molecule has 0 amide bonds. The number of nitrogens with zero attached hydrogens (tertiary/aromatic N) is 2. The summed E-state index contributed by atoms with van der Waals surface area (Å²) in [6.07, 6.45) is 2.79. The number of halogens is 1. The average molecular weight is 258 g/mol. The molecule has 6 heteroatoms. The molecule has 0 aromatic carbocycles. The number of aliphatic hydroxyl groups excluding tert-OH is 1. The number of anilines is 1. The molecule has 0 bridgehead atoms. The van der Waals surface area contributed by atoms with E-state index in [1.54, 1.807) is 0 Å². The van der Waals surface area contributed by atoms with Crippen molar-refractivity contribution >= 4 is 28.1 Å². The molecule has 2 atom stereocenters. The Bertz CT molecular complexity index is 415. The summed E-state index contributed by atoms with van der Waals surface area (Å²) in [6, 6.07) is 1.99. The third kappa shape index (κ3) is 2.46. The van der Waals surface area contributed by atoms with E-state index in [4.69, 9.17) is 16.9 Å². The van der Waals surface area contributed by atoms with Crippen LogP contribution in [-0.2, 0) is 0 Å². The van der Waals surface area contributed by atoms with Crippen LogP contribution in [0.1, 0.15) is 24.1 Å². The van der Waals surface area contributed by atoms with Crippen molar-refractivity contribution in [3.05, 3.63) is 10.0 Å². The minimum absolute atomic E-state index is 0.210. The zero-order valence-electron chi connectivity index (χ0n) is 8.61. The van der Waals surface area contributed by atoms with Crippen molar-refractivity contribution < 1.29 is 5.11 Å². The van der Waals surface area contributed by atoms with E-state index in [0.29, 0.717) is 16.6 Å². The minimum atomic E-state index is -0.210. The molecule has 16 heavy (non-hydrogen) atoms. The van der Waals surface area contributed by atoms with Crippen LogP contribution in [0.5, 0.6) is 0 Å². The number of nitrogens with one attached hydrogen (secondary N) is 1. The molecule has 1 aromatic heterocycles. The summed E-state index contributed by atoms with van der Waals surface area (Å²) in [4.78, 5) is 4.46. The van der Waals surface area contributed by atoms with Crippen LogP contribution in [0.4, 0.5) is 5.13 Å². The van der Waals surface area contributed by atoms with Crippen LogP contribution in [0.2, 0.25) is 5.15 Å². The Hall–Kier alpha value is -0.830. The molecule has 4 nitrogen and oxygen atoms in total. The molecule has 1 fully saturated rings. The Morgan fingerprint density at radius 3 is 3.00 bits per heavy atom. The predicted octanol–water partition coefficient (Wildman–Crippen LogP) is 2.24. The van der Waals surface area contributed by atoms with E-state index in [2.05, 4.69) is 10.3 Å². The molecule has 0 aliphatic heterocycles. The van der Waals surface area contributed by atoms with Gasteiger partial charge in [-0.1, -0.05) is 29.4 Å². The van der Waals surface area contributed by atoms with Gasteiger partial charge < -0.3 is 10.4 Å². The largest absolute Gasteiger partial charge is 0.393 e. The van der Waals surface area contributed by atoms with Gasteiger partial charge in [-0.15, -0.1) is 0 Å². The molecule has 0 saturated heterocycles. The maximum absolute atomic E-state index is 9.64. The molecule has 1 heterocycles. The molecule has 1 aliphatic carbocycles. The maximum Gasteiger partial charge on any atom is 0.185 e. The minimum Gasteiger partial charge on any atom is -0.393 e. The SMILES string of the molecule is N#Cc1sc(NCC2CCCC2O)nc1Cl. The van der Waals surface area contributed by atoms with Crippen LogP contribution < -0.4 is 5.32 Å². The second kappa shape index (κ2) is 5.00. The number of rotatable bonds is 3. The number of hydrogen-bond donors (Lipinski definition) is 2. The van der Waals surface area contributed by atoms with Crippen molar-refractivity contribution in [1.29, 1.82) is 5.26 Å². The second-order valence-corrected chi connectivity index (χ2v) is 5.25. The zero-order chi connectivity index (χ0) is 11.5. The number of hydrogen-bond acceptors (Lipinski definition) is 5. The molecule has 0 radical (unpaired) electrons. The van der Waals surface area contributed by atoms with Crippen LogP contribution in [0.3, 0.4) is 0 Å². The fourth-order valence-electron chi connectivity index (χ4n) is 1.92. The summed E-state index contributed by atoms with van der Waals surface area (Å²) < 4.78 is 0. The summed E-state index contributed by atoms with van der Waals surface area (Å²) in [7, 11) is 0. The van der Waals surface area contributed by atoms with Gasteiger partial charge in [0.1, 0.15) is 10.9 Å². The molecule has 2 rings (SSSR count). The highest BCUT2D eigenvalue weighted by Gasteiger charge is 2.25. The molecule has 2 N–H and O–H groups in total. The topological polar surface area (TPSA) is 68.9 Å². The Morgan fingerprint density at radius 2 is 2.44 bits per heavy atom. The van der Waals surface area contributed by atoms with Crippen molar-refractivity contribution in [1.82, 2.24) is 4.98 Å². The highest BCUT2D eigenvalue weighted by atomic mass is 35.5. The van der Waals surface area contributed by atoms with Crippen molar-refractivity contribution in [3.63, 3.8) is 0 Å². The number of aliphatic hydroxyl groups is 1. The molecular weight excluding hydrogens is 246 g/mol. The van der Waals surface area contributed by atoms with Crippen LogP contribution >= 0.6 is 22.9 Å². The average Bonchev–Trinajstić information content (AvgIpc) is 2.82. The smallest absolute Gasteiger partial charge is 0.185 e. The van der Waals surface area contributed by atoms with Gasteiger partial charge in [-0.3, -0.25) is 0 Å². The standard InChI is InChI=1S/C10H12ClN3OS/c11-9-8(4-12)16-10(14-9)13-5-6-2-1-3-7(6)15/h6-7,15H,1-3,5H2,(H,13,14). The van der Waals surface area contributed by atoms with Gasteiger partial charge >= 0.3 is 0 Å². The first-order valence-corrected chi connectivity index (χ1v) is 6.38. The fraction of sp³-hybridized carbons (Fsp3) is 0.600. The number of nitriles is 1. The summed E-state index contributed by atoms with van der Waals surface area (Å²) in [5.41, 5.74) is 0. The monoisotopic (exact) mass is 257 g/mol. The van der Waals surface area contributed by atoms with E-state index in [1.165, 1.54) is 11.3 Å². The van der Waals surface area contributed by atoms with Gasteiger partial charge in [0.15, 0.2) is 10.3 Å². The molecule has 1 saturated carbocycles. The maximum atomic E-state index is 9.64. The quantitative estimate of drug-likeness (QED) is 0.871. The van der Waals surface area contributed by atoms with Gasteiger partial charge in [0.2, 0.25) is 0 Å². The second-order valence-electron chi connectivity index (χ2n) is 3.89. The molecule has 0 spiro atoms. The van der Waals surface area contributed by atoms with Crippen molar-refractivity contribution in [3.8, 4) is 6.07 Å². The lowest BCUT2D eigenvalue weighted by molar-refractivity contribution is 0.138. The Balaban J connectivity index is 1.92. The third-order valence-corrected chi connectivity index (χ3v) is 4.13. The van der Waals surface area contributed by atoms with Crippen molar-refractivity contribution in [2.75, 3.05) is 11.9 Å². The summed E-state index contributed by atoms with van der Waals surface area (Å²) in [5.74, 6) is 0.285. The lowest BCUT2D eigenvalue weighted by Crippen LogP contribution is -2.21. The number of thiazole rings is 1. The van der Waals surface area contributed by atoms with Crippen LogP contribution in [0.25, 0.3) is 0 Å². The van der Waals surface area contributed by atoms with Gasteiger partial charge in [-0.05, 0) is 12.8 Å². The first-order valence-electron chi connectivity index (χ1n) is 5.19. The molecule has 86 valence electrons. The summed E-state index contributed by atoms with van der Waals surface area (Å²) in [5, 5.41) is 22.4. The molecule has 2 unspecified atom stereocenters. The molecule has 1 aromatic rings. The van der Waals surface area contributed by atoms with Gasteiger partial charge in [0.05, 0.1) is 6.10 Å². The van der Waals surface area contributed by atoms with Crippen LogP contribution in [0.15, 0.2) is 0 Å². The zero-order valence-corrected chi connectivity index (χ0v) is 10.2. The lowest BCUT2D eigenvalue weighted by Gasteiger charge is -2.14. The highest BCUT2D eigenvalue weighted by molar-refractivity contribution is 7.16. The van der Waals surface area contributed by atoms with Gasteiger partial charge in [0, 0.05) is 12.5 Å². The van der Waals surface area contributed by atoms with Crippen molar-refractivity contribution in [2.24, 2.45) is 5.92 Å². The van der Waals surface area contributed by atoms with E-state index < -0.39 is 0 Å². The molecular formula is C10H12ClN3OS. The first kappa shape index (κ1) is 11.6. The van der Waals surface area contributed by atoms with E-state index in [0.717, 1.165) is 19.3 Å². The Morgan fingerprint density at radius 1 is 1.62 bits per heavy atom. The molecule has 1 aliphatic rings. The Kier molecular flexibility index (Phi) is 3.64. The Labute approximate surface area is 103 Å². The van der Waals surface area contributed by atoms with Crippen LogP contribution in [0, 0.1) is 17.2 Å². The number of aromatic nitrogens is 1. The van der Waals surface area contributed by atoms with E-state index in [9.17, 15) is 5.11 Å². The predicted molar refractivity (Wildman–Crippen MR) is 63.7 cm³/mol.